The number of nitrogens with zero attached hydrogens (tertiary/aromatic N) is 1. The Morgan fingerprint density at radius 2 is 1.80 bits per heavy atom. The lowest BCUT2D eigenvalue weighted by Gasteiger charge is -2.09. The van der Waals surface area contributed by atoms with Gasteiger partial charge in [0.15, 0.2) is 5.13 Å². The summed E-state index contributed by atoms with van der Waals surface area (Å²) in [6, 6.07) is 12.6. The van der Waals surface area contributed by atoms with E-state index in [4.69, 9.17) is 9.47 Å². The molecule has 0 spiro atoms. The number of aromatic nitrogens is 1. The molecular weight excluding hydrogens is 426 g/mol. The van der Waals surface area contributed by atoms with Gasteiger partial charge < -0.3 is 14.8 Å². The maximum atomic E-state index is 12.4. The molecule has 0 saturated carbocycles. The van der Waals surface area contributed by atoms with E-state index < -0.39 is 10.0 Å². The van der Waals surface area contributed by atoms with E-state index in [0.29, 0.717) is 36.8 Å². The number of hydrogen-bond donors (Lipinski definition) is 2. The summed E-state index contributed by atoms with van der Waals surface area (Å²) >= 11 is 1.19. The first kappa shape index (κ1) is 21.8. The van der Waals surface area contributed by atoms with Crippen molar-refractivity contribution in [3.63, 3.8) is 0 Å². The molecular formula is C20H21N3O5S2. The molecule has 0 fully saturated rings. The molecule has 158 valence electrons. The van der Waals surface area contributed by atoms with Crippen LogP contribution in [0.2, 0.25) is 0 Å². The molecule has 0 saturated heterocycles. The molecule has 0 aliphatic heterocycles. The van der Waals surface area contributed by atoms with Gasteiger partial charge in [0.2, 0.25) is 0 Å². The maximum absolute atomic E-state index is 12.4. The number of rotatable bonds is 10. The molecule has 2 N–H and O–H groups in total. The van der Waals surface area contributed by atoms with Crippen molar-refractivity contribution in [1.82, 2.24) is 4.98 Å². The maximum Gasteiger partial charge on any atom is 0.263 e. The molecule has 8 nitrogen and oxygen atoms in total. The van der Waals surface area contributed by atoms with Crippen LogP contribution in [-0.4, -0.2) is 39.1 Å². The predicted octanol–water partition coefficient (Wildman–Crippen LogP) is 3.61. The zero-order chi connectivity index (χ0) is 21.4. The van der Waals surface area contributed by atoms with Gasteiger partial charge in [-0.25, -0.2) is 13.4 Å². The Bertz CT molecular complexity index is 1050. The molecule has 0 aliphatic rings. The molecule has 3 rings (SSSR count). The lowest BCUT2D eigenvalue weighted by atomic mass is 10.2. The molecule has 30 heavy (non-hydrogen) atoms. The number of hydrogen-bond acceptors (Lipinski definition) is 7. The monoisotopic (exact) mass is 447 g/mol. The normalized spacial score (nSPS) is 11.1. The highest BCUT2D eigenvalue weighted by Crippen LogP contribution is 2.20. The van der Waals surface area contributed by atoms with Crippen LogP contribution in [0.3, 0.4) is 0 Å². The van der Waals surface area contributed by atoms with Gasteiger partial charge in [0.1, 0.15) is 12.4 Å². The Hall–Kier alpha value is -2.95. The fourth-order valence-electron chi connectivity index (χ4n) is 2.43. The summed E-state index contributed by atoms with van der Waals surface area (Å²) in [5, 5.41) is 4.70. The number of sulfonamides is 1. The van der Waals surface area contributed by atoms with Crippen molar-refractivity contribution in [2.24, 2.45) is 0 Å². The fraction of sp³-hybridized carbons (Fsp3) is 0.200. The van der Waals surface area contributed by atoms with Crippen molar-refractivity contribution in [2.75, 3.05) is 29.9 Å². The van der Waals surface area contributed by atoms with Crippen molar-refractivity contribution < 1.29 is 22.7 Å². The molecule has 0 radical (unpaired) electrons. The van der Waals surface area contributed by atoms with E-state index in [-0.39, 0.29) is 15.9 Å². The molecule has 1 amide bonds. The molecule has 10 heteroatoms. The Morgan fingerprint density at radius 3 is 2.43 bits per heavy atom. The van der Waals surface area contributed by atoms with Crippen LogP contribution in [-0.2, 0) is 14.8 Å². The van der Waals surface area contributed by atoms with E-state index in [1.165, 1.54) is 41.8 Å². The summed E-state index contributed by atoms with van der Waals surface area (Å²) in [5.41, 5.74) is 0.930. The van der Waals surface area contributed by atoms with Crippen LogP contribution in [0.5, 0.6) is 5.75 Å². The predicted molar refractivity (Wildman–Crippen MR) is 116 cm³/mol. The van der Waals surface area contributed by atoms with Gasteiger partial charge in [0.05, 0.1) is 11.5 Å². The Labute approximate surface area is 178 Å². The van der Waals surface area contributed by atoms with E-state index in [1.54, 1.807) is 29.6 Å². The van der Waals surface area contributed by atoms with Crippen LogP contribution in [0.15, 0.2) is 65.0 Å². The smallest absolute Gasteiger partial charge is 0.263 e. The summed E-state index contributed by atoms with van der Waals surface area (Å²) in [6.45, 7) is 3.49. The molecule has 3 aromatic rings. The highest BCUT2D eigenvalue weighted by atomic mass is 32.2. The van der Waals surface area contributed by atoms with Crippen LogP contribution >= 0.6 is 11.3 Å². The minimum atomic E-state index is -3.73. The Morgan fingerprint density at radius 1 is 1.07 bits per heavy atom. The third-order valence-electron chi connectivity index (χ3n) is 3.89. The molecule has 1 aromatic heterocycles. The number of anilines is 2. The molecule has 1 heterocycles. The highest BCUT2D eigenvalue weighted by molar-refractivity contribution is 7.93. The second-order valence-electron chi connectivity index (χ2n) is 5.99. The fourth-order valence-corrected chi connectivity index (χ4v) is 4.22. The van der Waals surface area contributed by atoms with Gasteiger partial charge in [-0.05, 0) is 55.5 Å². The minimum Gasteiger partial charge on any atom is -0.491 e. The molecule has 0 atom stereocenters. The lowest BCUT2D eigenvalue weighted by Crippen LogP contribution is -2.14. The van der Waals surface area contributed by atoms with Crippen LogP contribution in [0, 0.1) is 0 Å². The van der Waals surface area contributed by atoms with Crippen molar-refractivity contribution >= 4 is 38.1 Å². The van der Waals surface area contributed by atoms with Gasteiger partial charge in [-0.1, -0.05) is 0 Å². The van der Waals surface area contributed by atoms with Crippen molar-refractivity contribution in [3.8, 4) is 5.75 Å². The van der Waals surface area contributed by atoms with Gasteiger partial charge in [-0.3, -0.25) is 9.52 Å². The molecule has 0 bridgehead atoms. The summed E-state index contributed by atoms with van der Waals surface area (Å²) in [4.78, 5) is 16.4. The lowest BCUT2D eigenvalue weighted by molar-refractivity contribution is 0.102. The van der Waals surface area contributed by atoms with Crippen molar-refractivity contribution in [2.45, 2.75) is 11.8 Å². The molecule has 2 aromatic carbocycles. The van der Waals surface area contributed by atoms with Crippen LogP contribution in [0.1, 0.15) is 17.3 Å². The molecule has 0 aliphatic carbocycles. The van der Waals surface area contributed by atoms with E-state index in [1.807, 2.05) is 6.92 Å². The Kier molecular flexibility index (Phi) is 7.39. The average molecular weight is 448 g/mol. The number of amides is 1. The summed E-state index contributed by atoms with van der Waals surface area (Å²) in [5.74, 6) is 0.334. The molecule has 0 unspecified atom stereocenters. The van der Waals surface area contributed by atoms with Gasteiger partial charge in [-0.15, -0.1) is 11.3 Å². The largest absolute Gasteiger partial charge is 0.491 e. The summed E-state index contributed by atoms with van der Waals surface area (Å²) in [7, 11) is -3.73. The number of benzene rings is 2. The average Bonchev–Trinajstić information content (AvgIpc) is 3.24. The van der Waals surface area contributed by atoms with E-state index in [0.717, 1.165) is 0 Å². The minimum absolute atomic E-state index is 0.0734. The number of ether oxygens (including phenoxy) is 2. The van der Waals surface area contributed by atoms with E-state index in [9.17, 15) is 13.2 Å². The van der Waals surface area contributed by atoms with Gasteiger partial charge in [0.25, 0.3) is 15.9 Å². The summed E-state index contributed by atoms with van der Waals surface area (Å²) in [6.07, 6.45) is 1.51. The first-order valence-electron chi connectivity index (χ1n) is 9.12. The quantitative estimate of drug-likeness (QED) is 0.460. The van der Waals surface area contributed by atoms with Crippen LogP contribution in [0.25, 0.3) is 0 Å². The number of carbonyl (C=O) groups is 1. The third-order valence-corrected chi connectivity index (χ3v) is 6.07. The zero-order valence-corrected chi connectivity index (χ0v) is 17.8. The number of nitrogens with one attached hydrogen (secondary N) is 2. The third kappa shape index (κ3) is 6.02. The Balaban J connectivity index is 1.57. The number of carbonyl (C=O) groups excluding carboxylic acids is 1. The van der Waals surface area contributed by atoms with Crippen LogP contribution < -0.4 is 14.8 Å². The standard InChI is InChI=1S/C20H21N3O5S2/c1-2-27-12-13-28-17-7-3-15(4-8-17)19(24)22-16-5-9-18(10-6-16)30(25,26)23-20-21-11-14-29-20/h3-11,14H,2,12-13H2,1H3,(H,21,23)(H,22,24). The summed E-state index contributed by atoms with van der Waals surface area (Å²) < 4.78 is 37.8. The zero-order valence-electron chi connectivity index (χ0n) is 16.2. The SMILES string of the molecule is CCOCCOc1ccc(C(=O)Nc2ccc(S(=O)(=O)Nc3nccs3)cc2)cc1. The van der Waals surface area contributed by atoms with E-state index >= 15 is 0 Å². The first-order chi connectivity index (χ1) is 14.5. The second kappa shape index (κ2) is 10.2. The first-order valence-corrected chi connectivity index (χ1v) is 11.5. The van der Waals surface area contributed by atoms with Crippen molar-refractivity contribution in [1.29, 1.82) is 0 Å². The van der Waals surface area contributed by atoms with Gasteiger partial charge >= 0.3 is 0 Å². The van der Waals surface area contributed by atoms with E-state index in [2.05, 4.69) is 15.0 Å². The highest BCUT2D eigenvalue weighted by Gasteiger charge is 2.15. The van der Waals surface area contributed by atoms with Gasteiger partial charge in [0, 0.05) is 29.4 Å². The number of thiazole rings is 1. The van der Waals surface area contributed by atoms with Crippen molar-refractivity contribution in [3.05, 3.63) is 65.7 Å². The topological polar surface area (TPSA) is 107 Å². The van der Waals surface area contributed by atoms with Crippen LogP contribution in [0.4, 0.5) is 10.8 Å². The van der Waals surface area contributed by atoms with Gasteiger partial charge in [-0.2, -0.15) is 0 Å². The second-order valence-corrected chi connectivity index (χ2v) is 8.57.